The van der Waals surface area contributed by atoms with E-state index >= 15 is 0 Å². The number of anilines is 2. The zero-order chi connectivity index (χ0) is 15.5. The molecule has 7 heteroatoms. The molecule has 1 saturated carbocycles. The fourth-order valence-electron chi connectivity index (χ4n) is 2.67. The number of benzene rings is 1. The normalized spacial score (nSPS) is 18.0. The van der Waals surface area contributed by atoms with Gasteiger partial charge >= 0.3 is 0 Å². The molecule has 0 unspecified atom stereocenters. The Bertz CT molecular complexity index is 622. The van der Waals surface area contributed by atoms with Crippen LogP contribution in [-0.4, -0.2) is 14.3 Å². The highest BCUT2D eigenvalue weighted by molar-refractivity contribution is 7.90. The third-order valence-corrected chi connectivity index (χ3v) is 4.41. The first kappa shape index (κ1) is 15.8. The minimum atomic E-state index is -3.82. The SMILES string of the molecule is CC1(C(=O)Nc2cccc(NS(N)(=O)=O)c2)CCCCC1. The van der Waals surface area contributed by atoms with Gasteiger partial charge in [0.05, 0.1) is 5.69 Å². The van der Waals surface area contributed by atoms with Gasteiger partial charge in [0, 0.05) is 11.1 Å². The Kier molecular flexibility index (Phi) is 4.53. The van der Waals surface area contributed by atoms with Crippen molar-refractivity contribution in [3.05, 3.63) is 24.3 Å². The Morgan fingerprint density at radius 1 is 1.19 bits per heavy atom. The van der Waals surface area contributed by atoms with Crippen molar-refractivity contribution >= 4 is 27.5 Å². The minimum absolute atomic E-state index is 0.0186. The lowest BCUT2D eigenvalue weighted by Gasteiger charge is -2.32. The second kappa shape index (κ2) is 6.03. The van der Waals surface area contributed by atoms with Crippen LogP contribution < -0.4 is 15.2 Å². The van der Waals surface area contributed by atoms with Crippen molar-refractivity contribution in [3.8, 4) is 0 Å². The van der Waals surface area contributed by atoms with Crippen molar-refractivity contribution in [1.82, 2.24) is 0 Å². The monoisotopic (exact) mass is 311 g/mol. The molecule has 0 spiro atoms. The minimum Gasteiger partial charge on any atom is -0.326 e. The van der Waals surface area contributed by atoms with E-state index in [0.29, 0.717) is 11.4 Å². The summed E-state index contributed by atoms with van der Waals surface area (Å²) in [6.07, 6.45) is 5.08. The van der Waals surface area contributed by atoms with Gasteiger partial charge in [0.25, 0.3) is 10.2 Å². The quantitative estimate of drug-likeness (QED) is 0.794. The van der Waals surface area contributed by atoms with Gasteiger partial charge in [0.2, 0.25) is 5.91 Å². The van der Waals surface area contributed by atoms with Crippen molar-refractivity contribution in [2.45, 2.75) is 39.0 Å². The molecule has 6 nitrogen and oxygen atoms in total. The Balaban J connectivity index is 2.09. The van der Waals surface area contributed by atoms with E-state index in [1.54, 1.807) is 24.3 Å². The lowest BCUT2D eigenvalue weighted by molar-refractivity contribution is -0.126. The Morgan fingerprint density at radius 3 is 2.43 bits per heavy atom. The molecule has 0 saturated heterocycles. The summed E-state index contributed by atoms with van der Waals surface area (Å²) in [7, 11) is -3.82. The zero-order valence-electron chi connectivity index (χ0n) is 12.1. The largest absolute Gasteiger partial charge is 0.326 e. The van der Waals surface area contributed by atoms with Crippen molar-refractivity contribution in [2.75, 3.05) is 10.0 Å². The summed E-state index contributed by atoms with van der Waals surface area (Å²) < 4.78 is 24.2. The molecule has 1 aromatic carbocycles. The van der Waals surface area contributed by atoms with Crippen LogP contribution in [0.2, 0.25) is 0 Å². The van der Waals surface area contributed by atoms with Gasteiger partial charge in [0.1, 0.15) is 0 Å². The van der Waals surface area contributed by atoms with Gasteiger partial charge in [-0.25, -0.2) is 5.14 Å². The van der Waals surface area contributed by atoms with Crippen LogP contribution >= 0.6 is 0 Å². The second-order valence-corrected chi connectivity index (χ2v) is 7.10. The molecular weight excluding hydrogens is 290 g/mol. The third-order valence-electron chi connectivity index (χ3n) is 3.89. The molecule has 116 valence electrons. The lowest BCUT2D eigenvalue weighted by Crippen LogP contribution is -2.35. The van der Waals surface area contributed by atoms with E-state index in [0.717, 1.165) is 25.7 Å². The van der Waals surface area contributed by atoms with E-state index < -0.39 is 10.2 Å². The maximum Gasteiger partial charge on any atom is 0.296 e. The molecule has 1 aliphatic carbocycles. The van der Waals surface area contributed by atoms with Gasteiger partial charge in [0.15, 0.2) is 0 Å². The van der Waals surface area contributed by atoms with E-state index in [1.807, 2.05) is 6.92 Å². The second-order valence-electron chi connectivity index (χ2n) is 5.80. The van der Waals surface area contributed by atoms with Crippen molar-refractivity contribution in [3.63, 3.8) is 0 Å². The molecule has 4 N–H and O–H groups in total. The number of hydrogen-bond acceptors (Lipinski definition) is 3. The van der Waals surface area contributed by atoms with E-state index in [-0.39, 0.29) is 11.3 Å². The molecule has 0 aromatic heterocycles. The number of rotatable bonds is 4. The van der Waals surface area contributed by atoms with E-state index in [2.05, 4.69) is 10.0 Å². The van der Waals surface area contributed by atoms with Gasteiger partial charge in [-0.2, -0.15) is 8.42 Å². The van der Waals surface area contributed by atoms with E-state index in [4.69, 9.17) is 5.14 Å². The molecule has 1 fully saturated rings. The highest BCUT2D eigenvalue weighted by Crippen LogP contribution is 2.36. The Hall–Kier alpha value is -1.60. The van der Waals surface area contributed by atoms with E-state index in [9.17, 15) is 13.2 Å². The molecule has 1 amide bonds. The fourth-order valence-corrected chi connectivity index (χ4v) is 3.12. The molecule has 0 atom stereocenters. The van der Waals surface area contributed by atoms with Crippen molar-refractivity contribution < 1.29 is 13.2 Å². The van der Waals surface area contributed by atoms with Gasteiger partial charge in [-0.1, -0.05) is 32.3 Å². The van der Waals surface area contributed by atoms with Gasteiger partial charge in [-0.3, -0.25) is 9.52 Å². The third kappa shape index (κ3) is 4.44. The molecule has 0 bridgehead atoms. The summed E-state index contributed by atoms with van der Waals surface area (Å²) in [5, 5.41) is 7.79. The van der Waals surface area contributed by atoms with Crippen LogP contribution in [0.15, 0.2) is 24.3 Å². The summed E-state index contributed by atoms with van der Waals surface area (Å²) in [5.41, 5.74) is 0.534. The van der Waals surface area contributed by atoms with Crippen LogP contribution in [-0.2, 0) is 15.0 Å². The summed E-state index contributed by atoms with van der Waals surface area (Å²) in [4.78, 5) is 12.4. The molecule has 2 rings (SSSR count). The Labute approximate surface area is 125 Å². The average Bonchev–Trinajstić information content (AvgIpc) is 2.38. The molecule has 0 heterocycles. The number of amides is 1. The first-order chi connectivity index (χ1) is 9.78. The van der Waals surface area contributed by atoms with Gasteiger partial charge < -0.3 is 5.32 Å². The number of nitrogens with two attached hydrogens (primary N) is 1. The van der Waals surface area contributed by atoms with Crippen LogP contribution in [0, 0.1) is 5.41 Å². The maximum atomic E-state index is 12.4. The van der Waals surface area contributed by atoms with E-state index in [1.165, 1.54) is 6.42 Å². The smallest absolute Gasteiger partial charge is 0.296 e. The number of hydrogen-bond donors (Lipinski definition) is 3. The predicted molar refractivity (Wildman–Crippen MR) is 83.0 cm³/mol. The Morgan fingerprint density at radius 2 is 1.81 bits per heavy atom. The van der Waals surface area contributed by atoms with Crippen LogP contribution in [0.4, 0.5) is 11.4 Å². The van der Waals surface area contributed by atoms with Gasteiger partial charge in [-0.05, 0) is 31.0 Å². The maximum absolute atomic E-state index is 12.4. The number of carbonyl (C=O) groups is 1. The molecule has 1 aliphatic rings. The highest BCUT2D eigenvalue weighted by Gasteiger charge is 2.34. The van der Waals surface area contributed by atoms with Gasteiger partial charge in [-0.15, -0.1) is 0 Å². The first-order valence-corrected chi connectivity index (χ1v) is 8.55. The standard InChI is InChI=1S/C14H21N3O3S/c1-14(8-3-2-4-9-14)13(18)16-11-6-5-7-12(10-11)17-21(15,19)20/h5-7,10,17H,2-4,8-9H2,1H3,(H,16,18)(H2,15,19,20). The van der Waals surface area contributed by atoms with Crippen LogP contribution in [0.1, 0.15) is 39.0 Å². The molecule has 21 heavy (non-hydrogen) atoms. The fraction of sp³-hybridized carbons (Fsp3) is 0.500. The highest BCUT2D eigenvalue weighted by atomic mass is 32.2. The van der Waals surface area contributed by atoms with Crippen LogP contribution in [0.5, 0.6) is 0 Å². The van der Waals surface area contributed by atoms with Crippen molar-refractivity contribution in [1.29, 1.82) is 0 Å². The molecular formula is C14H21N3O3S. The molecule has 0 radical (unpaired) electrons. The molecule has 0 aliphatic heterocycles. The summed E-state index contributed by atoms with van der Waals surface area (Å²) in [6.45, 7) is 1.98. The zero-order valence-corrected chi connectivity index (χ0v) is 12.9. The first-order valence-electron chi connectivity index (χ1n) is 7.01. The average molecular weight is 311 g/mol. The number of carbonyl (C=O) groups excluding carboxylic acids is 1. The predicted octanol–water partition coefficient (Wildman–Crippen LogP) is 2.21. The molecule has 1 aromatic rings. The van der Waals surface area contributed by atoms with Crippen molar-refractivity contribution in [2.24, 2.45) is 10.6 Å². The number of nitrogens with one attached hydrogen (secondary N) is 2. The topological polar surface area (TPSA) is 101 Å². The summed E-state index contributed by atoms with van der Waals surface area (Å²) in [5.74, 6) is -0.0186. The lowest BCUT2D eigenvalue weighted by atomic mass is 9.75. The summed E-state index contributed by atoms with van der Waals surface area (Å²) in [6, 6.07) is 6.50. The van der Waals surface area contributed by atoms with Crippen LogP contribution in [0.3, 0.4) is 0 Å². The summed E-state index contributed by atoms with van der Waals surface area (Å²) >= 11 is 0. The van der Waals surface area contributed by atoms with Crippen LogP contribution in [0.25, 0.3) is 0 Å².